The summed E-state index contributed by atoms with van der Waals surface area (Å²) in [7, 11) is 0. The molecule has 0 unspecified atom stereocenters. The first-order chi connectivity index (χ1) is 19.4. The first kappa shape index (κ1) is 27.7. The van der Waals surface area contributed by atoms with Crippen molar-refractivity contribution < 1.29 is 23.1 Å². The van der Waals surface area contributed by atoms with E-state index in [1.54, 1.807) is 29.2 Å². The van der Waals surface area contributed by atoms with Crippen molar-refractivity contribution in [1.82, 2.24) is 0 Å². The highest BCUT2D eigenvalue weighted by atomic mass is 32.2. The van der Waals surface area contributed by atoms with Gasteiger partial charge in [-0.25, -0.2) is 8.78 Å². The maximum Gasteiger partial charge on any atom is 0.233 e. The third kappa shape index (κ3) is 6.49. The smallest absolute Gasteiger partial charge is 0.233 e. The Balaban J connectivity index is 1.38. The topological polar surface area (TPSA) is 46.6 Å². The number of carbonyl (C=O) groups is 2. The van der Waals surface area contributed by atoms with Crippen LogP contribution < -0.4 is 4.90 Å². The van der Waals surface area contributed by atoms with Crippen LogP contribution in [-0.4, -0.2) is 11.0 Å². The maximum absolute atomic E-state index is 13.7. The molecule has 1 amide bonds. The van der Waals surface area contributed by atoms with Crippen LogP contribution >= 0.6 is 11.8 Å². The normalized spacial score (nSPS) is 17.4. The van der Waals surface area contributed by atoms with Crippen molar-refractivity contribution in [2.24, 2.45) is 5.92 Å². The number of benzene rings is 4. The first-order valence-corrected chi connectivity index (χ1v) is 14.0. The van der Waals surface area contributed by atoms with E-state index in [0.717, 1.165) is 33.3 Å². The number of ether oxygens (including phenoxy) is 1. The van der Waals surface area contributed by atoms with Crippen LogP contribution in [0, 0.1) is 17.6 Å². The van der Waals surface area contributed by atoms with Crippen LogP contribution in [0.3, 0.4) is 0 Å². The minimum absolute atomic E-state index is 0.000255. The second kappa shape index (κ2) is 12.6. The van der Waals surface area contributed by atoms with Gasteiger partial charge in [-0.15, -0.1) is 0 Å². The van der Waals surface area contributed by atoms with Gasteiger partial charge in [0.2, 0.25) is 5.91 Å². The predicted octanol–water partition coefficient (Wildman–Crippen LogP) is 8.05. The molecule has 4 aromatic rings. The summed E-state index contributed by atoms with van der Waals surface area (Å²) < 4.78 is 33.6. The van der Waals surface area contributed by atoms with Gasteiger partial charge in [-0.05, 0) is 78.1 Å². The summed E-state index contributed by atoms with van der Waals surface area (Å²) in [6.45, 7) is 1.91. The summed E-state index contributed by atoms with van der Waals surface area (Å²) >= 11 is 1.16. The Bertz CT molecular complexity index is 1440. The number of hydrogen-bond donors (Lipinski definition) is 0. The van der Waals surface area contributed by atoms with Crippen molar-refractivity contribution in [2.75, 3.05) is 4.90 Å². The lowest BCUT2D eigenvalue weighted by Gasteiger charge is -2.48. The molecule has 7 heteroatoms. The molecule has 0 radical (unpaired) electrons. The lowest BCUT2D eigenvalue weighted by molar-refractivity contribution is -0.131. The molecule has 4 nitrogen and oxygen atoms in total. The second-order valence-corrected chi connectivity index (χ2v) is 11.1. The van der Waals surface area contributed by atoms with Crippen LogP contribution in [0.15, 0.2) is 108 Å². The van der Waals surface area contributed by atoms with E-state index < -0.39 is 0 Å². The molecule has 0 aliphatic carbocycles. The minimum atomic E-state index is -0.367. The number of β-lactam (4-membered cyclic amide) rings is 1. The van der Waals surface area contributed by atoms with Crippen molar-refractivity contribution >= 4 is 28.5 Å². The van der Waals surface area contributed by atoms with Crippen molar-refractivity contribution in [3.05, 3.63) is 131 Å². The molecule has 0 spiro atoms. The third-order valence-electron chi connectivity index (χ3n) is 7.08. The van der Waals surface area contributed by atoms with Crippen molar-refractivity contribution in [3.8, 4) is 0 Å². The lowest BCUT2D eigenvalue weighted by Crippen LogP contribution is -2.55. The monoisotopic (exact) mass is 557 g/mol. The van der Waals surface area contributed by atoms with Crippen LogP contribution in [0.25, 0.3) is 0 Å². The van der Waals surface area contributed by atoms with E-state index in [1.807, 2.05) is 54.6 Å². The van der Waals surface area contributed by atoms with Gasteiger partial charge in [0.25, 0.3) is 0 Å². The van der Waals surface area contributed by atoms with Crippen LogP contribution in [0.1, 0.15) is 48.6 Å². The van der Waals surface area contributed by atoms with E-state index in [2.05, 4.69) is 0 Å². The second-order valence-electron chi connectivity index (χ2n) is 9.81. The van der Waals surface area contributed by atoms with Gasteiger partial charge in [0.1, 0.15) is 11.6 Å². The Kier molecular flexibility index (Phi) is 8.72. The maximum atomic E-state index is 13.7. The molecule has 1 aliphatic heterocycles. The van der Waals surface area contributed by atoms with Crippen LogP contribution in [0.5, 0.6) is 0 Å². The third-order valence-corrected chi connectivity index (χ3v) is 7.87. The number of amides is 1. The van der Waals surface area contributed by atoms with Crippen molar-refractivity contribution in [2.45, 2.75) is 43.4 Å². The quantitative estimate of drug-likeness (QED) is 0.146. The molecule has 40 heavy (non-hydrogen) atoms. The highest BCUT2D eigenvalue weighted by Crippen LogP contribution is 2.47. The molecular weight excluding hydrogens is 528 g/mol. The molecule has 0 saturated carbocycles. The van der Waals surface area contributed by atoms with Crippen molar-refractivity contribution in [1.29, 1.82) is 0 Å². The fourth-order valence-electron chi connectivity index (χ4n) is 5.13. The fourth-order valence-corrected chi connectivity index (χ4v) is 5.73. The van der Waals surface area contributed by atoms with Gasteiger partial charge >= 0.3 is 0 Å². The zero-order chi connectivity index (χ0) is 28.1. The Morgan fingerprint density at radius 2 is 1.50 bits per heavy atom. The van der Waals surface area contributed by atoms with Gasteiger partial charge in [0.15, 0.2) is 5.12 Å². The summed E-state index contributed by atoms with van der Waals surface area (Å²) in [6, 6.07) is 29.4. The van der Waals surface area contributed by atoms with Gasteiger partial charge in [0.05, 0.1) is 24.7 Å². The standard InChI is InChI=1S/C33H29F2NO3S/c1-22(37)40-29-17-9-25(10-18-29)32-30(33(38)36(32)28-15-13-27(35)14-16-28)19-20-31(24-7-11-26(34)12-8-24)39-21-23-5-3-2-4-6-23/h2-18,30-32H,19-21H2,1H3/t30-,31+,32-/m1/s1. The molecule has 0 aromatic heterocycles. The Morgan fingerprint density at radius 1 is 0.875 bits per heavy atom. The summed E-state index contributed by atoms with van der Waals surface area (Å²) in [6.07, 6.45) is 0.770. The Hall–Kier alpha value is -3.81. The lowest BCUT2D eigenvalue weighted by atomic mass is 9.78. The van der Waals surface area contributed by atoms with E-state index in [1.165, 1.54) is 31.2 Å². The Labute approximate surface area is 237 Å². The Morgan fingerprint density at radius 3 is 2.12 bits per heavy atom. The van der Waals surface area contributed by atoms with Gasteiger partial charge in [-0.3, -0.25) is 9.59 Å². The van der Waals surface area contributed by atoms with Gasteiger partial charge in [-0.1, -0.05) is 66.4 Å². The number of hydrogen-bond acceptors (Lipinski definition) is 4. The van der Waals surface area contributed by atoms with E-state index in [-0.39, 0.29) is 40.7 Å². The average Bonchev–Trinajstić information content (AvgIpc) is 2.96. The summed E-state index contributed by atoms with van der Waals surface area (Å²) in [5.74, 6) is -1.05. The summed E-state index contributed by atoms with van der Waals surface area (Å²) in [5.41, 5.74) is 3.44. The highest BCUT2D eigenvalue weighted by Gasteiger charge is 2.48. The molecule has 1 heterocycles. The van der Waals surface area contributed by atoms with Gasteiger partial charge < -0.3 is 9.64 Å². The molecular formula is C33H29F2NO3S. The van der Waals surface area contributed by atoms with E-state index in [0.29, 0.717) is 25.1 Å². The molecule has 0 N–H and O–H groups in total. The molecule has 4 aromatic carbocycles. The number of halogens is 2. The SMILES string of the molecule is CC(=O)Sc1ccc([C@@H]2[C@@H](CC[C@H](OCc3ccccc3)c3ccc(F)cc3)C(=O)N2c2ccc(F)cc2)cc1. The number of nitrogens with zero attached hydrogens (tertiary/aromatic N) is 1. The fraction of sp³-hybridized carbons (Fsp3) is 0.212. The molecule has 1 aliphatic rings. The number of thioether (sulfide) groups is 1. The van der Waals surface area contributed by atoms with Crippen LogP contribution in [0.2, 0.25) is 0 Å². The molecule has 3 atom stereocenters. The van der Waals surface area contributed by atoms with E-state index in [4.69, 9.17) is 4.74 Å². The summed E-state index contributed by atoms with van der Waals surface area (Å²) in [5, 5.41) is -0.000255. The summed E-state index contributed by atoms with van der Waals surface area (Å²) in [4.78, 5) is 27.6. The van der Waals surface area contributed by atoms with Crippen molar-refractivity contribution in [3.63, 3.8) is 0 Å². The van der Waals surface area contributed by atoms with E-state index >= 15 is 0 Å². The molecule has 1 fully saturated rings. The zero-order valence-electron chi connectivity index (χ0n) is 22.0. The largest absolute Gasteiger partial charge is 0.369 e. The molecule has 0 bridgehead atoms. The molecule has 5 rings (SSSR count). The predicted molar refractivity (Wildman–Crippen MR) is 153 cm³/mol. The molecule has 1 saturated heterocycles. The van der Waals surface area contributed by atoms with Crippen LogP contribution in [0.4, 0.5) is 14.5 Å². The average molecular weight is 558 g/mol. The number of anilines is 1. The number of carbonyl (C=O) groups excluding carboxylic acids is 2. The van der Waals surface area contributed by atoms with Gasteiger partial charge in [-0.2, -0.15) is 0 Å². The van der Waals surface area contributed by atoms with Gasteiger partial charge in [0, 0.05) is 17.5 Å². The van der Waals surface area contributed by atoms with E-state index in [9.17, 15) is 18.4 Å². The highest BCUT2D eigenvalue weighted by molar-refractivity contribution is 8.13. The minimum Gasteiger partial charge on any atom is -0.369 e. The number of rotatable bonds is 10. The molecule has 204 valence electrons. The zero-order valence-corrected chi connectivity index (χ0v) is 22.8. The first-order valence-electron chi connectivity index (χ1n) is 13.2. The van der Waals surface area contributed by atoms with Crippen LogP contribution in [-0.2, 0) is 20.9 Å².